The maximum atomic E-state index is 13.1. The molecule has 0 fully saturated rings. The molecule has 1 atom stereocenters. The van der Waals surface area contributed by atoms with Crippen molar-refractivity contribution in [2.24, 2.45) is 0 Å². The third-order valence-electron chi connectivity index (χ3n) is 3.99. The highest BCUT2D eigenvalue weighted by Crippen LogP contribution is 2.27. The number of carbonyl (C=O) groups excluding carboxylic acids is 1. The minimum Gasteiger partial charge on any atom is -0.480 e. The predicted molar refractivity (Wildman–Crippen MR) is 89.8 cm³/mol. The van der Waals surface area contributed by atoms with Crippen molar-refractivity contribution in [1.29, 1.82) is 0 Å². The van der Waals surface area contributed by atoms with E-state index >= 15 is 0 Å². The molecule has 0 radical (unpaired) electrons. The van der Waals surface area contributed by atoms with Crippen molar-refractivity contribution in [2.75, 3.05) is 6.54 Å². The van der Waals surface area contributed by atoms with Gasteiger partial charge in [0.1, 0.15) is 11.6 Å². The Balaban J connectivity index is 1.68. The molecule has 23 heavy (non-hydrogen) atoms. The Morgan fingerprint density at radius 3 is 2.74 bits per heavy atom. The Bertz CT molecular complexity index is 735. The lowest BCUT2D eigenvalue weighted by Crippen LogP contribution is -2.43. The molecule has 1 aliphatic heterocycles. The van der Waals surface area contributed by atoms with Gasteiger partial charge in [0.2, 0.25) is 0 Å². The lowest BCUT2D eigenvalue weighted by molar-refractivity contribution is -0.138. The van der Waals surface area contributed by atoms with Crippen LogP contribution in [0.3, 0.4) is 0 Å². The Hall–Kier alpha value is -1.88. The zero-order valence-electron chi connectivity index (χ0n) is 12.8. The van der Waals surface area contributed by atoms with Crippen molar-refractivity contribution in [1.82, 2.24) is 4.90 Å². The number of amides is 1. The van der Waals surface area contributed by atoms with Gasteiger partial charge < -0.3 is 9.64 Å². The van der Waals surface area contributed by atoms with Gasteiger partial charge in [-0.1, -0.05) is 24.3 Å². The molecule has 0 saturated heterocycles. The number of carbonyl (C=O) groups is 1. The summed E-state index contributed by atoms with van der Waals surface area (Å²) in [5.41, 5.74) is 2.48. The highest BCUT2D eigenvalue weighted by atomic mass is 79.9. The smallest absolute Gasteiger partial charge is 0.263 e. The van der Waals surface area contributed by atoms with E-state index in [0.29, 0.717) is 23.3 Å². The number of halogens is 2. The molecule has 0 N–H and O–H groups in total. The maximum Gasteiger partial charge on any atom is 0.263 e. The van der Waals surface area contributed by atoms with Crippen LogP contribution in [0, 0.1) is 5.82 Å². The topological polar surface area (TPSA) is 29.5 Å². The minimum atomic E-state index is -0.623. The number of hydrogen-bond acceptors (Lipinski definition) is 2. The summed E-state index contributed by atoms with van der Waals surface area (Å²) < 4.78 is 19.3. The summed E-state index contributed by atoms with van der Waals surface area (Å²) in [6, 6.07) is 12.3. The van der Waals surface area contributed by atoms with Crippen LogP contribution in [-0.4, -0.2) is 23.5 Å². The van der Waals surface area contributed by atoms with Crippen molar-refractivity contribution < 1.29 is 13.9 Å². The van der Waals surface area contributed by atoms with E-state index in [1.807, 2.05) is 17.0 Å². The van der Waals surface area contributed by atoms with Crippen LogP contribution in [0.2, 0.25) is 0 Å². The van der Waals surface area contributed by atoms with Crippen molar-refractivity contribution >= 4 is 21.8 Å². The summed E-state index contributed by atoms with van der Waals surface area (Å²) in [6.07, 6.45) is 0.233. The number of hydrogen-bond donors (Lipinski definition) is 0. The predicted octanol–water partition coefficient (Wildman–Crippen LogP) is 3.94. The molecule has 2 aromatic rings. The first-order chi connectivity index (χ1) is 11.0. The zero-order valence-corrected chi connectivity index (χ0v) is 14.3. The van der Waals surface area contributed by atoms with E-state index in [2.05, 4.69) is 28.1 Å². The molecule has 3 nitrogen and oxygen atoms in total. The second-order valence-electron chi connectivity index (χ2n) is 5.61. The average molecular weight is 378 g/mol. The first kappa shape index (κ1) is 16.0. The monoisotopic (exact) mass is 377 g/mol. The van der Waals surface area contributed by atoms with Crippen LogP contribution < -0.4 is 4.74 Å². The molecule has 0 aromatic heterocycles. The van der Waals surface area contributed by atoms with Crippen LogP contribution in [0.4, 0.5) is 4.39 Å². The molecule has 1 amide bonds. The fourth-order valence-electron chi connectivity index (χ4n) is 2.75. The van der Waals surface area contributed by atoms with E-state index in [1.165, 1.54) is 29.3 Å². The molecule has 1 heterocycles. The summed E-state index contributed by atoms with van der Waals surface area (Å²) in [4.78, 5) is 14.4. The molecule has 2 aromatic carbocycles. The summed E-state index contributed by atoms with van der Waals surface area (Å²) >= 11 is 3.25. The molecule has 1 aliphatic rings. The second kappa shape index (κ2) is 6.71. The number of nitrogens with zero attached hydrogens (tertiary/aromatic N) is 1. The van der Waals surface area contributed by atoms with Gasteiger partial charge in [0.15, 0.2) is 6.10 Å². The van der Waals surface area contributed by atoms with E-state index in [0.717, 1.165) is 6.42 Å². The summed E-state index contributed by atoms with van der Waals surface area (Å²) in [7, 11) is 0. The number of fused-ring (bicyclic) bond motifs is 1. The molecule has 5 heteroatoms. The fraction of sp³-hybridized carbons (Fsp3) is 0.278. The van der Waals surface area contributed by atoms with Crippen LogP contribution in [0.15, 0.2) is 46.9 Å². The standard InChI is InChI=1S/C18H17BrFNO2/c1-12(23-17-7-6-15(20)10-16(17)19)18(22)21-9-8-13-4-2-3-5-14(13)11-21/h2-7,10,12H,8-9,11H2,1H3. The van der Waals surface area contributed by atoms with Crippen molar-refractivity contribution in [3.05, 3.63) is 63.9 Å². The Morgan fingerprint density at radius 1 is 1.26 bits per heavy atom. The van der Waals surface area contributed by atoms with Crippen molar-refractivity contribution in [3.63, 3.8) is 0 Å². The van der Waals surface area contributed by atoms with Crippen LogP contribution in [0.5, 0.6) is 5.75 Å². The Morgan fingerprint density at radius 2 is 2.00 bits per heavy atom. The van der Waals surface area contributed by atoms with Gasteiger partial charge in [0.05, 0.1) is 4.47 Å². The van der Waals surface area contributed by atoms with Crippen LogP contribution in [0.25, 0.3) is 0 Å². The number of ether oxygens (including phenoxy) is 1. The second-order valence-corrected chi connectivity index (χ2v) is 6.47. The van der Waals surface area contributed by atoms with Crippen LogP contribution >= 0.6 is 15.9 Å². The third kappa shape index (κ3) is 3.55. The lowest BCUT2D eigenvalue weighted by Gasteiger charge is -2.31. The zero-order chi connectivity index (χ0) is 16.4. The van der Waals surface area contributed by atoms with Crippen molar-refractivity contribution in [3.8, 4) is 5.75 Å². The van der Waals surface area contributed by atoms with E-state index < -0.39 is 6.10 Å². The Kier molecular flexibility index (Phi) is 4.66. The number of rotatable bonds is 3. The third-order valence-corrected chi connectivity index (χ3v) is 4.61. The molecule has 0 spiro atoms. The van der Waals surface area contributed by atoms with Crippen molar-refractivity contribution in [2.45, 2.75) is 26.0 Å². The van der Waals surface area contributed by atoms with Gasteiger partial charge in [-0.25, -0.2) is 4.39 Å². The molecule has 1 unspecified atom stereocenters. The average Bonchev–Trinajstić information content (AvgIpc) is 2.56. The van der Waals surface area contributed by atoms with Gasteiger partial charge in [-0.15, -0.1) is 0 Å². The van der Waals surface area contributed by atoms with Crippen LogP contribution in [0.1, 0.15) is 18.1 Å². The first-order valence-electron chi connectivity index (χ1n) is 7.52. The van der Waals surface area contributed by atoms with Gasteiger partial charge in [-0.05, 0) is 58.6 Å². The SMILES string of the molecule is CC(Oc1ccc(F)cc1Br)C(=O)N1CCc2ccccc2C1. The minimum absolute atomic E-state index is 0.0595. The van der Waals surface area contributed by atoms with E-state index in [1.54, 1.807) is 6.92 Å². The van der Waals surface area contributed by atoms with Gasteiger partial charge in [0.25, 0.3) is 5.91 Å². The summed E-state index contributed by atoms with van der Waals surface area (Å²) in [6.45, 7) is 3.01. The highest BCUT2D eigenvalue weighted by Gasteiger charge is 2.26. The molecule has 120 valence electrons. The van der Waals surface area contributed by atoms with E-state index in [-0.39, 0.29) is 11.7 Å². The first-order valence-corrected chi connectivity index (χ1v) is 8.31. The van der Waals surface area contributed by atoms with Crippen LogP contribution in [-0.2, 0) is 17.8 Å². The normalized spacial score (nSPS) is 15.0. The van der Waals surface area contributed by atoms with Gasteiger partial charge in [-0.2, -0.15) is 0 Å². The Labute approximate surface area is 143 Å². The van der Waals surface area contributed by atoms with Gasteiger partial charge in [-0.3, -0.25) is 4.79 Å². The quantitative estimate of drug-likeness (QED) is 0.810. The summed E-state index contributed by atoms with van der Waals surface area (Å²) in [5, 5.41) is 0. The van der Waals surface area contributed by atoms with Gasteiger partial charge >= 0.3 is 0 Å². The maximum absolute atomic E-state index is 13.1. The van der Waals surface area contributed by atoms with E-state index in [4.69, 9.17) is 4.74 Å². The number of benzene rings is 2. The molecule has 0 aliphatic carbocycles. The molecule has 0 bridgehead atoms. The summed E-state index contributed by atoms with van der Waals surface area (Å²) in [5.74, 6) is 0.0521. The molecule has 3 rings (SSSR count). The lowest BCUT2D eigenvalue weighted by atomic mass is 9.99. The molecular weight excluding hydrogens is 361 g/mol. The largest absolute Gasteiger partial charge is 0.480 e. The molecule has 0 saturated carbocycles. The molecular formula is C18H17BrFNO2. The fourth-order valence-corrected chi connectivity index (χ4v) is 3.20. The van der Waals surface area contributed by atoms with E-state index in [9.17, 15) is 9.18 Å². The highest BCUT2D eigenvalue weighted by molar-refractivity contribution is 9.10. The van der Waals surface area contributed by atoms with Gasteiger partial charge in [0, 0.05) is 13.1 Å².